The number of rotatable bonds is 3. The fraction of sp³-hybridized carbons (Fsp3) is 0.222. The van der Waals surface area contributed by atoms with Gasteiger partial charge in [0.05, 0.1) is 24.5 Å². The van der Waals surface area contributed by atoms with Crippen LogP contribution in [0.2, 0.25) is 5.15 Å². The Kier molecular flexibility index (Phi) is 2.66. The number of carboxylic acids is 1. The highest BCUT2D eigenvalue weighted by atomic mass is 35.5. The number of halogens is 1. The van der Waals surface area contributed by atoms with Gasteiger partial charge in [0.2, 0.25) is 0 Å². The van der Waals surface area contributed by atoms with Gasteiger partial charge < -0.3 is 9.67 Å². The first-order chi connectivity index (χ1) is 7.58. The van der Waals surface area contributed by atoms with Crippen molar-refractivity contribution in [3.05, 3.63) is 35.1 Å². The zero-order chi connectivity index (χ0) is 11.7. The summed E-state index contributed by atoms with van der Waals surface area (Å²) in [6.07, 6.45) is 4.29. The molecule has 0 bridgehead atoms. The van der Waals surface area contributed by atoms with Crippen LogP contribution in [0.15, 0.2) is 18.6 Å². The monoisotopic (exact) mass is 240 g/mol. The number of aromatic nitrogens is 4. The fourth-order valence-electron chi connectivity index (χ4n) is 1.28. The van der Waals surface area contributed by atoms with E-state index in [2.05, 4.69) is 10.1 Å². The highest BCUT2D eigenvalue weighted by molar-refractivity contribution is 6.29. The van der Waals surface area contributed by atoms with Gasteiger partial charge in [0, 0.05) is 13.2 Å². The third-order valence-electron chi connectivity index (χ3n) is 2.21. The summed E-state index contributed by atoms with van der Waals surface area (Å²) in [6, 6.07) is 0. The molecule has 1 N–H and O–H groups in total. The molecule has 7 heteroatoms. The van der Waals surface area contributed by atoms with Crippen molar-refractivity contribution in [1.82, 2.24) is 19.3 Å². The lowest BCUT2D eigenvalue weighted by atomic mass is 10.4. The average molecular weight is 241 g/mol. The first-order valence-corrected chi connectivity index (χ1v) is 4.87. The SMILES string of the molecule is Cn1c(Cl)cnc1Cn1cc(C(=O)O)cn1. The fourth-order valence-corrected chi connectivity index (χ4v) is 1.42. The molecule has 0 unspecified atom stereocenters. The zero-order valence-electron chi connectivity index (χ0n) is 8.46. The predicted molar refractivity (Wildman–Crippen MR) is 56.5 cm³/mol. The lowest BCUT2D eigenvalue weighted by Gasteiger charge is -2.02. The summed E-state index contributed by atoms with van der Waals surface area (Å²) in [6.45, 7) is 0.385. The molecule has 6 nitrogen and oxygen atoms in total. The molecule has 0 spiro atoms. The number of carbonyl (C=O) groups is 1. The van der Waals surface area contributed by atoms with Gasteiger partial charge >= 0.3 is 5.97 Å². The van der Waals surface area contributed by atoms with Crippen molar-refractivity contribution in [1.29, 1.82) is 0 Å². The molecular weight excluding hydrogens is 232 g/mol. The maximum absolute atomic E-state index is 10.6. The molecule has 0 aliphatic heterocycles. The maximum Gasteiger partial charge on any atom is 0.338 e. The molecular formula is C9H9ClN4O2. The normalized spacial score (nSPS) is 10.6. The summed E-state index contributed by atoms with van der Waals surface area (Å²) in [4.78, 5) is 14.7. The second-order valence-electron chi connectivity index (χ2n) is 3.29. The predicted octanol–water partition coefficient (Wildman–Crippen LogP) is 1.02. The van der Waals surface area contributed by atoms with Gasteiger partial charge in [-0.2, -0.15) is 5.10 Å². The molecule has 2 aromatic heterocycles. The van der Waals surface area contributed by atoms with Gasteiger partial charge in [-0.3, -0.25) is 4.68 Å². The van der Waals surface area contributed by atoms with Crippen LogP contribution in [0.4, 0.5) is 0 Å². The van der Waals surface area contributed by atoms with E-state index >= 15 is 0 Å². The van der Waals surface area contributed by atoms with Gasteiger partial charge in [-0.1, -0.05) is 11.6 Å². The second kappa shape index (κ2) is 3.97. The smallest absolute Gasteiger partial charge is 0.338 e. The van der Waals surface area contributed by atoms with Crippen LogP contribution in [-0.2, 0) is 13.6 Å². The van der Waals surface area contributed by atoms with E-state index < -0.39 is 5.97 Å². The van der Waals surface area contributed by atoms with Crippen LogP contribution in [0.3, 0.4) is 0 Å². The molecule has 0 aromatic carbocycles. The number of nitrogens with zero attached hydrogens (tertiary/aromatic N) is 4. The van der Waals surface area contributed by atoms with E-state index in [1.54, 1.807) is 17.8 Å². The molecule has 0 saturated heterocycles. The molecule has 0 amide bonds. The summed E-state index contributed by atoms with van der Waals surface area (Å²) in [5, 5.41) is 13.2. The van der Waals surface area contributed by atoms with Crippen molar-refractivity contribution in [2.75, 3.05) is 0 Å². The summed E-state index contributed by atoms with van der Waals surface area (Å²) < 4.78 is 3.21. The van der Waals surface area contributed by atoms with Gasteiger partial charge in [0.25, 0.3) is 0 Å². The van der Waals surface area contributed by atoms with Crippen LogP contribution >= 0.6 is 11.6 Å². The molecule has 0 atom stereocenters. The van der Waals surface area contributed by atoms with Crippen molar-refractivity contribution >= 4 is 17.6 Å². The Balaban J connectivity index is 2.21. The molecule has 0 fully saturated rings. The molecule has 0 radical (unpaired) electrons. The standard InChI is InChI=1S/C9H9ClN4O2/c1-13-7(10)3-11-8(13)5-14-4-6(2-12-14)9(15)16/h2-4H,5H2,1H3,(H,15,16). The van der Waals surface area contributed by atoms with Crippen LogP contribution < -0.4 is 0 Å². The molecule has 16 heavy (non-hydrogen) atoms. The van der Waals surface area contributed by atoms with Crippen LogP contribution in [0.5, 0.6) is 0 Å². The van der Waals surface area contributed by atoms with Gasteiger partial charge in [-0.15, -0.1) is 0 Å². The lowest BCUT2D eigenvalue weighted by Crippen LogP contribution is -2.06. The Bertz CT molecular complexity index is 531. The van der Waals surface area contributed by atoms with Crippen LogP contribution in [0.25, 0.3) is 0 Å². The van der Waals surface area contributed by atoms with Crippen molar-refractivity contribution in [3.8, 4) is 0 Å². The average Bonchev–Trinajstić information content (AvgIpc) is 2.81. The minimum atomic E-state index is -0.996. The topological polar surface area (TPSA) is 72.9 Å². The highest BCUT2D eigenvalue weighted by Crippen LogP contribution is 2.10. The second-order valence-corrected chi connectivity index (χ2v) is 3.68. The quantitative estimate of drug-likeness (QED) is 0.869. The van der Waals surface area contributed by atoms with E-state index in [4.69, 9.17) is 16.7 Å². The number of imidazole rings is 1. The Hall–Kier alpha value is -1.82. The van der Waals surface area contributed by atoms with Gasteiger partial charge in [0.15, 0.2) is 0 Å². The number of carboxylic acid groups (broad SMARTS) is 1. The molecule has 0 aliphatic rings. The van der Waals surface area contributed by atoms with E-state index in [1.807, 2.05) is 0 Å². The van der Waals surface area contributed by atoms with Crippen molar-refractivity contribution in [3.63, 3.8) is 0 Å². The summed E-state index contributed by atoms with van der Waals surface area (Å²) >= 11 is 5.83. The van der Waals surface area contributed by atoms with Gasteiger partial charge in [-0.05, 0) is 0 Å². The minimum Gasteiger partial charge on any atom is -0.478 e. The Morgan fingerprint density at radius 2 is 2.31 bits per heavy atom. The highest BCUT2D eigenvalue weighted by Gasteiger charge is 2.09. The first-order valence-electron chi connectivity index (χ1n) is 4.50. The van der Waals surface area contributed by atoms with E-state index in [-0.39, 0.29) is 5.56 Å². The molecule has 84 valence electrons. The third kappa shape index (κ3) is 1.92. The number of hydrogen-bond donors (Lipinski definition) is 1. The molecule has 2 aromatic rings. The van der Waals surface area contributed by atoms with Gasteiger partial charge in [-0.25, -0.2) is 9.78 Å². The molecule has 2 heterocycles. The number of aromatic carboxylic acids is 1. The van der Waals surface area contributed by atoms with Crippen LogP contribution in [0, 0.1) is 0 Å². The van der Waals surface area contributed by atoms with E-state index in [9.17, 15) is 4.79 Å². The van der Waals surface area contributed by atoms with Gasteiger partial charge in [0.1, 0.15) is 11.0 Å². The van der Waals surface area contributed by atoms with E-state index in [1.165, 1.54) is 17.1 Å². The zero-order valence-corrected chi connectivity index (χ0v) is 9.22. The Labute approximate surface area is 96.1 Å². The third-order valence-corrected chi connectivity index (χ3v) is 2.56. The molecule has 0 saturated carbocycles. The van der Waals surface area contributed by atoms with Crippen molar-refractivity contribution < 1.29 is 9.90 Å². The Morgan fingerprint density at radius 1 is 1.56 bits per heavy atom. The lowest BCUT2D eigenvalue weighted by molar-refractivity contribution is 0.0697. The maximum atomic E-state index is 10.6. The van der Waals surface area contributed by atoms with E-state index in [0.29, 0.717) is 17.5 Å². The first kappa shape index (κ1) is 10.7. The van der Waals surface area contributed by atoms with Crippen LogP contribution in [0.1, 0.15) is 16.2 Å². The van der Waals surface area contributed by atoms with Crippen molar-refractivity contribution in [2.24, 2.45) is 7.05 Å². The molecule has 2 rings (SSSR count). The van der Waals surface area contributed by atoms with Crippen molar-refractivity contribution in [2.45, 2.75) is 6.54 Å². The summed E-state index contributed by atoms with van der Waals surface area (Å²) in [5.41, 5.74) is 0.153. The summed E-state index contributed by atoms with van der Waals surface area (Å²) in [5.74, 6) is -0.283. The number of hydrogen-bond acceptors (Lipinski definition) is 3. The minimum absolute atomic E-state index is 0.153. The van der Waals surface area contributed by atoms with Crippen LogP contribution in [-0.4, -0.2) is 30.4 Å². The Morgan fingerprint density at radius 3 is 2.81 bits per heavy atom. The van der Waals surface area contributed by atoms with E-state index in [0.717, 1.165) is 0 Å². The molecule has 0 aliphatic carbocycles. The largest absolute Gasteiger partial charge is 0.478 e. The summed E-state index contributed by atoms with van der Waals surface area (Å²) in [7, 11) is 1.78.